The molecule has 0 spiro atoms. The predicted octanol–water partition coefficient (Wildman–Crippen LogP) is 5.27. The van der Waals surface area contributed by atoms with Crippen molar-refractivity contribution in [2.75, 3.05) is 12.4 Å². The first-order chi connectivity index (χ1) is 15.6. The molecule has 3 aromatic rings. The molecule has 5 atom stereocenters. The van der Waals surface area contributed by atoms with Gasteiger partial charge in [-0.1, -0.05) is 17.4 Å². The summed E-state index contributed by atoms with van der Waals surface area (Å²) in [5.41, 5.74) is 0.699. The number of thiazole rings is 1. The van der Waals surface area contributed by atoms with Crippen LogP contribution in [0.4, 0.5) is 5.69 Å². The molecule has 2 fully saturated rings. The van der Waals surface area contributed by atoms with Crippen LogP contribution in [0, 0.1) is 17.8 Å². The fraction of sp³-hybridized carbons (Fsp3) is 0.417. The molecule has 2 bridgehead atoms. The zero-order chi connectivity index (χ0) is 21.8. The molecule has 0 radical (unpaired) electrons. The average molecular weight is 485 g/mol. The molecule has 2 saturated carbocycles. The Kier molecular flexibility index (Phi) is 5.19. The summed E-state index contributed by atoms with van der Waals surface area (Å²) in [4.78, 5) is 28.4. The molecular formula is C24H24N2O3S3. The molecule has 8 heteroatoms. The van der Waals surface area contributed by atoms with Crippen molar-refractivity contribution < 1.29 is 9.53 Å². The van der Waals surface area contributed by atoms with Crippen molar-refractivity contribution in [3.05, 3.63) is 61.2 Å². The van der Waals surface area contributed by atoms with Crippen molar-refractivity contribution in [1.82, 2.24) is 4.57 Å². The average Bonchev–Trinajstić information content (AvgIpc) is 3.59. The van der Waals surface area contributed by atoms with Gasteiger partial charge in [-0.2, -0.15) is 0 Å². The number of thiophene rings is 1. The number of anilines is 1. The second-order valence-corrected chi connectivity index (χ2v) is 12.0. The SMILES string of the molecule is COc1ccc(NC(=O)Cn2c3c(sc2=O)[C@@H](c2cccs2)[C@H]2[C@H]4CC[C@H](C4)[C@H]2S3)cc1. The van der Waals surface area contributed by atoms with Gasteiger partial charge in [0.2, 0.25) is 5.91 Å². The molecule has 5 nitrogen and oxygen atoms in total. The first-order valence-electron chi connectivity index (χ1n) is 11.0. The number of hydrogen-bond donors (Lipinski definition) is 1. The lowest BCUT2D eigenvalue weighted by Crippen LogP contribution is -2.34. The summed E-state index contributed by atoms with van der Waals surface area (Å²) in [7, 11) is 1.61. The number of nitrogens with zero attached hydrogens (tertiary/aromatic N) is 1. The van der Waals surface area contributed by atoms with Crippen LogP contribution in [0.5, 0.6) is 5.75 Å². The third kappa shape index (κ3) is 3.35. The van der Waals surface area contributed by atoms with Crippen molar-refractivity contribution in [2.24, 2.45) is 17.8 Å². The molecule has 6 rings (SSSR count). The molecule has 1 aliphatic heterocycles. The van der Waals surface area contributed by atoms with Gasteiger partial charge in [0.15, 0.2) is 0 Å². The minimum atomic E-state index is -0.179. The molecule has 166 valence electrons. The topological polar surface area (TPSA) is 60.3 Å². The summed E-state index contributed by atoms with van der Waals surface area (Å²) in [6.07, 6.45) is 3.95. The number of amides is 1. The first-order valence-corrected chi connectivity index (χ1v) is 13.6. The van der Waals surface area contributed by atoms with Gasteiger partial charge in [0.05, 0.1) is 12.1 Å². The van der Waals surface area contributed by atoms with E-state index < -0.39 is 0 Å². The highest BCUT2D eigenvalue weighted by atomic mass is 32.2. The lowest BCUT2D eigenvalue weighted by molar-refractivity contribution is -0.116. The zero-order valence-corrected chi connectivity index (χ0v) is 20.1. The van der Waals surface area contributed by atoms with E-state index in [1.807, 2.05) is 36.0 Å². The Morgan fingerprint density at radius 2 is 2.00 bits per heavy atom. The second-order valence-electron chi connectivity index (χ2n) is 8.89. The Morgan fingerprint density at radius 3 is 2.75 bits per heavy atom. The smallest absolute Gasteiger partial charge is 0.308 e. The van der Waals surface area contributed by atoms with E-state index >= 15 is 0 Å². The van der Waals surface area contributed by atoms with E-state index in [2.05, 4.69) is 22.8 Å². The van der Waals surface area contributed by atoms with Gasteiger partial charge in [0.1, 0.15) is 12.3 Å². The van der Waals surface area contributed by atoms with Gasteiger partial charge in [-0.3, -0.25) is 14.2 Å². The van der Waals surface area contributed by atoms with E-state index in [9.17, 15) is 9.59 Å². The Balaban J connectivity index is 1.32. The summed E-state index contributed by atoms with van der Waals surface area (Å²) < 4.78 is 6.89. The summed E-state index contributed by atoms with van der Waals surface area (Å²) in [5, 5.41) is 6.64. The number of hydrogen-bond acceptors (Lipinski definition) is 6. The van der Waals surface area contributed by atoms with Crippen LogP contribution in [0.25, 0.3) is 0 Å². The van der Waals surface area contributed by atoms with Gasteiger partial charge in [-0.15, -0.1) is 23.1 Å². The van der Waals surface area contributed by atoms with Gasteiger partial charge in [-0.25, -0.2) is 0 Å². The summed E-state index contributed by atoms with van der Waals surface area (Å²) in [6.45, 7) is 0.0480. The number of carbonyl (C=O) groups excluding carboxylic acids is 1. The Hall–Kier alpha value is -2.03. The molecule has 3 aliphatic rings. The third-order valence-electron chi connectivity index (χ3n) is 7.22. The van der Waals surface area contributed by atoms with Crippen LogP contribution in [-0.4, -0.2) is 22.8 Å². The molecule has 0 unspecified atom stereocenters. The van der Waals surface area contributed by atoms with E-state index in [-0.39, 0.29) is 17.3 Å². The number of benzene rings is 1. The maximum Gasteiger partial charge on any atom is 0.308 e. The van der Waals surface area contributed by atoms with Crippen LogP contribution >= 0.6 is 34.4 Å². The van der Waals surface area contributed by atoms with E-state index in [1.54, 1.807) is 23.0 Å². The highest BCUT2D eigenvalue weighted by molar-refractivity contribution is 8.00. The predicted molar refractivity (Wildman–Crippen MR) is 130 cm³/mol. The van der Waals surface area contributed by atoms with E-state index in [0.29, 0.717) is 22.8 Å². The quantitative estimate of drug-likeness (QED) is 0.536. The Morgan fingerprint density at radius 1 is 1.19 bits per heavy atom. The number of thioether (sulfide) groups is 1. The van der Waals surface area contributed by atoms with Crippen molar-refractivity contribution in [1.29, 1.82) is 0 Å². The van der Waals surface area contributed by atoms with Crippen molar-refractivity contribution >= 4 is 46.0 Å². The molecule has 2 aromatic heterocycles. The van der Waals surface area contributed by atoms with Gasteiger partial charge >= 0.3 is 4.87 Å². The van der Waals surface area contributed by atoms with E-state index in [0.717, 1.165) is 22.6 Å². The largest absolute Gasteiger partial charge is 0.497 e. The fourth-order valence-electron chi connectivity index (χ4n) is 5.89. The number of aromatic nitrogens is 1. The number of rotatable bonds is 5. The molecule has 32 heavy (non-hydrogen) atoms. The van der Waals surface area contributed by atoms with Crippen molar-refractivity contribution in [3.63, 3.8) is 0 Å². The van der Waals surface area contributed by atoms with Crippen LogP contribution in [0.15, 0.2) is 51.6 Å². The monoisotopic (exact) mass is 484 g/mol. The lowest BCUT2D eigenvalue weighted by Gasteiger charge is -2.40. The number of nitrogens with one attached hydrogen (secondary N) is 1. The first kappa shape index (κ1) is 20.6. The maximum absolute atomic E-state index is 13.1. The molecule has 1 amide bonds. The van der Waals surface area contributed by atoms with Crippen LogP contribution in [0.2, 0.25) is 0 Å². The van der Waals surface area contributed by atoms with Gasteiger partial charge < -0.3 is 10.1 Å². The van der Waals surface area contributed by atoms with Gasteiger partial charge in [0, 0.05) is 26.6 Å². The lowest BCUT2D eigenvalue weighted by atomic mass is 9.77. The normalized spacial score (nSPS) is 27.7. The van der Waals surface area contributed by atoms with Crippen LogP contribution in [0.3, 0.4) is 0 Å². The van der Waals surface area contributed by atoms with Gasteiger partial charge in [0.25, 0.3) is 0 Å². The maximum atomic E-state index is 13.1. The second kappa shape index (κ2) is 8.08. The summed E-state index contributed by atoms with van der Waals surface area (Å²) in [5.74, 6) is 2.98. The highest BCUT2D eigenvalue weighted by Gasteiger charge is 2.55. The minimum Gasteiger partial charge on any atom is -0.497 e. The number of fused-ring (bicyclic) bond motifs is 6. The standard InChI is InChI=1S/C24H24N2O3S3/c1-29-16-8-6-15(7-9-16)25-18(27)12-26-23-22(32-24(26)28)20(17-3-2-10-30-17)19-13-4-5-14(11-13)21(19)31-23/h2-3,6-10,13-14,19-21H,4-5,11-12H2,1H3,(H,25,27)/t13-,14+,19+,20-,21+/m0/s1. The van der Waals surface area contributed by atoms with Crippen molar-refractivity contribution in [3.8, 4) is 5.75 Å². The highest BCUT2D eigenvalue weighted by Crippen LogP contribution is 2.64. The third-order valence-corrected chi connectivity index (χ3v) is 11.0. The molecular weight excluding hydrogens is 460 g/mol. The van der Waals surface area contributed by atoms with E-state index in [4.69, 9.17) is 4.74 Å². The Labute approximate surface area is 198 Å². The fourth-order valence-corrected chi connectivity index (χ4v) is 10.0. The molecule has 1 aromatic carbocycles. The zero-order valence-electron chi connectivity index (χ0n) is 17.7. The number of carbonyl (C=O) groups is 1. The Bertz CT molecular complexity index is 1200. The van der Waals surface area contributed by atoms with E-state index in [1.165, 1.54) is 40.4 Å². The number of ether oxygens (including phenoxy) is 1. The molecule has 0 saturated heterocycles. The van der Waals surface area contributed by atoms with Gasteiger partial charge in [-0.05, 0) is 72.7 Å². The summed E-state index contributed by atoms with van der Waals surface area (Å²) >= 11 is 5.02. The minimum absolute atomic E-state index is 0.0266. The number of methoxy groups -OCH3 is 1. The molecule has 1 N–H and O–H groups in total. The molecule has 2 aliphatic carbocycles. The van der Waals surface area contributed by atoms with Crippen molar-refractivity contribution in [2.45, 2.75) is 42.0 Å². The van der Waals surface area contributed by atoms with Crippen LogP contribution in [0.1, 0.15) is 34.9 Å². The molecule has 3 heterocycles. The van der Waals surface area contributed by atoms with Crippen LogP contribution < -0.4 is 14.9 Å². The summed E-state index contributed by atoms with van der Waals surface area (Å²) in [6, 6.07) is 11.6. The van der Waals surface area contributed by atoms with Crippen LogP contribution in [-0.2, 0) is 11.3 Å².